The average Bonchev–Trinajstić information content (AvgIpc) is 3.31. The Bertz CT molecular complexity index is 1510. The molecule has 3 aromatic rings. The minimum atomic E-state index is -0.440. The number of carbonyl (C=O) groups is 3. The first-order valence-electron chi connectivity index (χ1n) is 13.9. The lowest BCUT2D eigenvalue weighted by atomic mass is 9.98. The Morgan fingerprint density at radius 1 is 0.976 bits per heavy atom. The molecule has 2 aliphatic heterocycles. The van der Waals surface area contributed by atoms with Crippen LogP contribution in [-0.2, 0) is 20.8 Å². The molecule has 42 heavy (non-hydrogen) atoms. The summed E-state index contributed by atoms with van der Waals surface area (Å²) < 4.78 is 13.9. The van der Waals surface area contributed by atoms with E-state index in [2.05, 4.69) is 32.8 Å². The molecule has 3 N–H and O–H groups in total. The van der Waals surface area contributed by atoms with Crippen molar-refractivity contribution in [2.45, 2.75) is 6.42 Å². The van der Waals surface area contributed by atoms with Crippen LogP contribution in [0.15, 0.2) is 66.7 Å². The van der Waals surface area contributed by atoms with Crippen molar-refractivity contribution in [2.24, 2.45) is 0 Å². The standard InChI is InChI=1S/C32H35FN6O3/c1-34-28(40)18-21-4-6-22(7-5-21)31(30-26-13-8-23(33)19-27(26)36-32(30)42)35-24-9-11-25(12-10-24)38(3)29(41)20-39-16-14-37(2)15-17-39/h4-13,19,35H,14-18,20H2,1-3H3,(H,34,40)(H,36,42). The number of nitrogens with one attached hydrogen (secondary N) is 3. The molecule has 5 rings (SSSR count). The Morgan fingerprint density at radius 2 is 1.67 bits per heavy atom. The Morgan fingerprint density at radius 3 is 2.33 bits per heavy atom. The summed E-state index contributed by atoms with van der Waals surface area (Å²) in [5.74, 6) is -0.868. The third-order valence-corrected chi connectivity index (χ3v) is 7.72. The van der Waals surface area contributed by atoms with Gasteiger partial charge in [-0.2, -0.15) is 0 Å². The van der Waals surface area contributed by atoms with E-state index in [0.717, 1.165) is 43.0 Å². The zero-order valence-electron chi connectivity index (χ0n) is 24.0. The summed E-state index contributed by atoms with van der Waals surface area (Å²) in [6.07, 6.45) is 0.237. The van der Waals surface area contributed by atoms with Crippen molar-refractivity contribution in [2.75, 3.05) is 69.4 Å². The Hall–Kier alpha value is -4.54. The second-order valence-electron chi connectivity index (χ2n) is 10.6. The predicted octanol–water partition coefficient (Wildman–Crippen LogP) is 3.26. The molecule has 0 radical (unpaired) electrons. The molecule has 218 valence electrons. The van der Waals surface area contributed by atoms with Gasteiger partial charge in [0.1, 0.15) is 5.82 Å². The molecule has 2 heterocycles. The van der Waals surface area contributed by atoms with Gasteiger partial charge in [0.25, 0.3) is 5.91 Å². The molecular formula is C32H35FN6O3. The van der Waals surface area contributed by atoms with Gasteiger partial charge in [0.15, 0.2) is 0 Å². The van der Waals surface area contributed by atoms with Crippen LogP contribution in [0.25, 0.3) is 11.3 Å². The summed E-state index contributed by atoms with van der Waals surface area (Å²) in [6.45, 7) is 4.00. The van der Waals surface area contributed by atoms with Crippen LogP contribution in [0.5, 0.6) is 0 Å². The quantitative estimate of drug-likeness (QED) is 0.360. The second kappa shape index (κ2) is 12.5. The smallest absolute Gasteiger partial charge is 0.258 e. The average molecular weight is 571 g/mol. The van der Waals surface area contributed by atoms with Gasteiger partial charge in [0, 0.05) is 57.2 Å². The van der Waals surface area contributed by atoms with Crippen molar-refractivity contribution in [3.05, 3.63) is 89.2 Å². The first-order chi connectivity index (χ1) is 20.2. The van der Waals surface area contributed by atoms with E-state index >= 15 is 0 Å². The predicted molar refractivity (Wildman–Crippen MR) is 163 cm³/mol. The number of piperazine rings is 1. The highest BCUT2D eigenvalue weighted by atomic mass is 19.1. The lowest BCUT2D eigenvalue weighted by Gasteiger charge is -2.32. The maximum absolute atomic E-state index is 13.9. The van der Waals surface area contributed by atoms with Crippen LogP contribution in [-0.4, -0.2) is 81.4 Å². The molecule has 10 heteroatoms. The van der Waals surface area contributed by atoms with Crippen molar-refractivity contribution in [3.63, 3.8) is 0 Å². The highest BCUT2D eigenvalue weighted by Gasteiger charge is 2.29. The highest BCUT2D eigenvalue weighted by molar-refractivity contribution is 6.37. The molecule has 3 amide bonds. The minimum Gasteiger partial charge on any atom is -0.359 e. The molecule has 0 unspecified atom stereocenters. The minimum absolute atomic E-state index is 0.0198. The fourth-order valence-corrected chi connectivity index (χ4v) is 5.10. The Labute approximate surface area is 245 Å². The van der Waals surface area contributed by atoms with E-state index in [-0.39, 0.29) is 24.1 Å². The number of likely N-dealkylation sites (N-methyl/N-ethyl adjacent to an activating group) is 3. The second-order valence-corrected chi connectivity index (χ2v) is 10.6. The van der Waals surface area contributed by atoms with Gasteiger partial charge in [-0.25, -0.2) is 4.39 Å². The summed E-state index contributed by atoms with van der Waals surface area (Å²) in [6, 6.07) is 19.0. The molecular weight excluding hydrogens is 535 g/mol. The lowest BCUT2D eigenvalue weighted by Crippen LogP contribution is -2.48. The van der Waals surface area contributed by atoms with E-state index in [0.29, 0.717) is 34.8 Å². The summed E-state index contributed by atoms with van der Waals surface area (Å²) in [7, 11) is 5.45. The van der Waals surface area contributed by atoms with Crippen molar-refractivity contribution >= 4 is 46.1 Å². The van der Waals surface area contributed by atoms with Gasteiger partial charge in [0.2, 0.25) is 11.8 Å². The van der Waals surface area contributed by atoms with Crippen molar-refractivity contribution in [1.82, 2.24) is 15.1 Å². The number of fused-ring (bicyclic) bond motifs is 1. The zero-order chi connectivity index (χ0) is 29.8. The van der Waals surface area contributed by atoms with Crippen LogP contribution in [0.2, 0.25) is 0 Å². The number of benzene rings is 3. The Balaban J connectivity index is 1.40. The highest BCUT2D eigenvalue weighted by Crippen LogP contribution is 2.38. The third-order valence-electron chi connectivity index (χ3n) is 7.72. The van der Waals surface area contributed by atoms with E-state index in [1.165, 1.54) is 12.1 Å². The largest absolute Gasteiger partial charge is 0.359 e. The Kier molecular flexibility index (Phi) is 8.65. The summed E-state index contributed by atoms with van der Waals surface area (Å²) >= 11 is 0. The first kappa shape index (κ1) is 29.0. The van der Waals surface area contributed by atoms with Crippen LogP contribution in [0.4, 0.5) is 21.5 Å². The number of halogens is 1. The monoisotopic (exact) mass is 570 g/mol. The molecule has 0 bridgehead atoms. The van der Waals surface area contributed by atoms with Gasteiger partial charge in [-0.15, -0.1) is 0 Å². The summed E-state index contributed by atoms with van der Waals surface area (Å²) in [5, 5.41) is 8.77. The van der Waals surface area contributed by atoms with Gasteiger partial charge in [-0.3, -0.25) is 19.3 Å². The number of hydrogen-bond acceptors (Lipinski definition) is 6. The van der Waals surface area contributed by atoms with Crippen molar-refractivity contribution in [3.8, 4) is 0 Å². The first-order valence-corrected chi connectivity index (χ1v) is 13.9. The fraction of sp³-hybridized carbons (Fsp3) is 0.281. The molecule has 0 aromatic heterocycles. The van der Waals surface area contributed by atoms with E-state index < -0.39 is 5.82 Å². The van der Waals surface area contributed by atoms with Crippen LogP contribution in [0.3, 0.4) is 0 Å². The molecule has 0 aliphatic carbocycles. The van der Waals surface area contributed by atoms with Gasteiger partial charge >= 0.3 is 0 Å². The number of amides is 3. The van der Waals surface area contributed by atoms with E-state index in [1.54, 1.807) is 25.1 Å². The van der Waals surface area contributed by atoms with Crippen LogP contribution < -0.4 is 20.9 Å². The molecule has 1 saturated heterocycles. The van der Waals surface area contributed by atoms with Gasteiger partial charge in [0.05, 0.1) is 29.9 Å². The SMILES string of the molecule is CNC(=O)Cc1ccc(C(Nc2ccc(N(C)C(=O)CN3CCN(C)CC3)cc2)=C2C(=O)Nc3cc(F)ccc32)cc1. The molecule has 0 saturated carbocycles. The molecule has 0 atom stereocenters. The topological polar surface area (TPSA) is 97.0 Å². The van der Waals surface area contributed by atoms with E-state index in [4.69, 9.17) is 0 Å². The van der Waals surface area contributed by atoms with Gasteiger partial charge in [-0.1, -0.05) is 24.3 Å². The van der Waals surface area contributed by atoms with Crippen molar-refractivity contribution < 1.29 is 18.8 Å². The maximum Gasteiger partial charge on any atom is 0.258 e. The van der Waals surface area contributed by atoms with E-state index in [1.807, 2.05) is 48.5 Å². The summed E-state index contributed by atoms with van der Waals surface area (Å²) in [4.78, 5) is 44.0. The number of carbonyl (C=O) groups excluding carboxylic acids is 3. The van der Waals surface area contributed by atoms with Gasteiger partial charge < -0.3 is 25.8 Å². The molecule has 9 nitrogen and oxygen atoms in total. The maximum atomic E-state index is 13.9. The number of hydrogen-bond donors (Lipinski definition) is 3. The molecule has 1 fully saturated rings. The molecule has 2 aliphatic rings. The van der Waals surface area contributed by atoms with E-state index in [9.17, 15) is 18.8 Å². The third kappa shape index (κ3) is 6.50. The lowest BCUT2D eigenvalue weighted by molar-refractivity contribution is -0.120. The van der Waals surface area contributed by atoms with Crippen LogP contribution >= 0.6 is 0 Å². The number of nitrogens with zero attached hydrogens (tertiary/aromatic N) is 3. The van der Waals surface area contributed by atoms with Crippen molar-refractivity contribution in [1.29, 1.82) is 0 Å². The number of rotatable bonds is 8. The van der Waals surface area contributed by atoms with Crippen LogP contribution in [0.1, 0.15) is 16.7 Å². The fourth-order valence-electron chi connectivity index (χ4n) is 5.10. The molecule has 0 spiro atoms. The normalized spacial score (nSPS) is 16.4. The summed E-state index contributed by atoms with van der Waals surface area (Å²) in [5.41, 5.74) is 4.93. The zero-order valence-corrected chi connectivity index (χ0v) is 24.0. The molecule has 3 aromatic carbocycles. The number of anilines is 3. The van der Waals surface area contributed by atoms with Crippen LogP contribution in [0, 0.1) is 5.82 Å². The van der Waals surface area contributed by atoms with Gasteiger partial charge in [-0.05, 0) is 60.6 Å².